The van der Waals surface area contributed by atoms with Crippen molar-refractivity contribution in [3.8, 4) is 0 Å². The van der Waals surface area contributed by atoms with Gasteiger partial charge in [0.05, 0.1) is 12.8 Å². The average Bonchev–Trinajstić information content (AvgIpc) is 2.40. The standard InChI is InChI=1S/C14H23N3O2S/c1-5-17-14(4,13(18)19-6-2)9-11(3)20-12-10-15-7-8-16-12/h7-8,10-11,17H,5-6,9H2,1-4H3. The number of ether oxygens (including phenoxy) is 1. The Morgan fingerprint density at radius 3 is 2.80 bits per heavy atom. The summed E-state index contributed by atoms with van der Waals surface area (Å²) in [5, 5.41) is 4.32. The first-order chi connectivity index (χ1) is 9.51. The highest BCUT2D eigenvalue weighted by atomic mass is 32.2. The number of likely N-dealkylation sites (N-methyl/N-ethyl adjacent to an activating group) is 1. The molecule has 0 aliphatic rings. The Morgan fingerprint density at radius 1 is 1.50 bits per heavy atom. The third-order valence-corrected chi connectivity index (χ3v) is 3.87. The van der Waals surface area contributed by atoms with Gasteiger partial charge in [-0.1, -0.05) is 13.8 Å². The molecule has 1 N–H and O–H groups in total. The second-order valence-corrected chi connectivity index (χ2v) is 6.22. The predicted octanol–water partition coefficient (Wildman–Crippen LogP) is 2.28. The maximum Gasteiger partial charge on any atom is 0.326 e. The molecule has 0 radical (unpaired) electrons. The normalized spacial score (nSPS) is 15.4. The molecule has 0 aliphatic carbocycles. The van der Waals surface area contributed by atoms with Gasteiger partial charge in [0, 0.05) is 17.6 Å². The number of carbonyl (C=O) groups is 1. The van der Waals surface area contributed by atoms with Gasteiger partial charge in [0.1, 0.15) is 10.6 Å². The lowest BCUT2D eigenvalue weighted by Gasteiger charge is -2.30. The van der Waals surface area contributed by atoms with Gasteiger partial charge < -0.3 is 10.1 Å². The molecule has 0 aliphatic heterocycles. The van der Waals surface area contributed by atoms with E-state index in [-0.39, 0.29) is 11.2 Å². The summed E-state index contributed by atoms with van der Waals surface area (Å²) in [5.74, 6) is -0.201. The largest absolute Gasteiger partial charge is 0.465 e. The van der Waals surface area contributed by atoms with Crippen LogP contribution in [0.15, 0.2) is 23.6 Å². The molecule has 0 spiro atoms. The molecule has 0 bridgehead atoms. The summed E-state index contributed by atoms with van der Waals surface area (Å²) in [6, 6.07) is 0. The predicted molar refractivity (Wildman–Crippen MR) is 80.7 cm³/mol. The summed E-state index contributed by atoms with van der Waals surface area (Å²) in [6.45, 7) is 8.89. The van der Waals surface area contributed by atoms with Crippen molar-refractivity contribution in [2.24, 2.45) is 0 Å². The molecule has 1 rings (SSSR count). The Balaban J connectivity index is 2.67. The molecule has 0 saturated heterocycles. The Labute approximate surface area is 124 Å². The van der Waals surface area contributed by atoms with Crippen LogP contribution in [0.25, 0.3) is 0 Å². The minimum Gasteiger partial charge on any atom is -0.465 e. The summed E-state index contributed by atoms with van der Waals surface area (Å²) in [6.07, 6.45) is 5.72. The van der Waals surface area contributed by atoms with Crippen molar-refractivity contribution in [1.82, 2.24) is 15.3 Å². The Morgan fingerprint density at radius 2 is 2.25 bits per heavy atom. The SMILES string of the molecule is CCNC(C)(CC(C)Sc1cnccn1)C(=O)OCC. The molecule has 1 aromatic rings. The summed E-state index contributed by atoms with van der Waals surface area (Å²) in [7, 11) is 0. The lowest BCUT2D eigenvalue weighted by molar-refractivity contribution is -0.150. The fourth-order valence-corrected chi connectivity index (χ4v) is 3.15. The lowest BCUT2D eigenvalue weighted by atomic mass is 9.96. The van der Waals surface area contributed by atoms with Crippen molar-refractivity contribution >= 4 is 17.7 Å². The van der Waals surface area contributed by atoms with Crippen LogP contribution >= 0.6 is 11.8 Å². The molecule has 2 atom stereocenters. The summed E-state index contributed by atoms with van der Waals surface area (Å²) in [5.41, 5.74) is -0.667. The quantitative estimate of drug-likeness (QED) is 0.586. The molecular formula is C14H23N3O2S. The van der Waals surface area contributed by atoms with Crippen LogP contribution in [-0.4, -0.2) is 39.9 Å². The monoisotopic (exact) mass is 297 g/mol. The Kier molecular flexibility index (Phi) is 6.95. The lowest BCUT2D eigenvalue weighted by Crippen LogP contribution is -2.51. The van der Waals surface area contributed by atoms with E-state index in [1.165, 1.54) is 0 Å². The fourth-order valence-electron chi connectivity index (χ4n) is 2.08. The van der Waals surface area contributed by atoms with Gasteiger partial charge in [-0.25, -0.2) is 4.98 Å². The second kappa shape index (κ2) is 8.21. The number of hydrogen-bond acceptors (Lipinski definition) is 6. The smallest absolute Gasteiger partial charge is 0.326 e. The zero-order chi connectivity index (χ0) is 15.0. The van der Waals surface area contributed by atoms with Crippen molar-refractivity contribution in [3.63, 3.8) is 0 Å². The highest BCUT2D eigenvalue weighted by molar-refractivity contribution is 7.99. The van der Waals surface area contributed by atoms with Crippen LogP contribution < -0.4 is 5.32 Å². The zero-order valence-electron chi connectivity index (χ0n) is 12.5. The first kappa shape index (κ1) is 16.9. The van der Waals surface area contributed by atoms with E-state index in [0.29, 0.717) is 13.0 Å². The number of nitrogens with zero attached hydrogens (tertiary/aromatic N) is 2. The number of nitrogens with one attached hydrogen (secondary N) is 1. The molecule has 20 heavy (non-hydrogen) atoms. The highest BCUT2D eigenvalue weighted by Crippen LogP contribution is 2.27. The van der Waals surface area contributed by atoms with Crippen LogP contribution in [0.3, 0.4) is 0 Å². The zero-order valence-corrected chi connectivity index (χ0v) is 13.4. The van der Waals surface area contributed by atoms with E-state index in [1.54, 1.807) is 30.4 Å². The fraction of sp³-hybridized carbons (Fsp3) is 0.643. The molecule has 0 aromatic carbocycles. The highest BCUT2D eigenvalue weighted by Gasteiger charge is 2.35. The molecular weight excluding hydrogens is 274 g/mol. The van der Waals surface area contributed by atoms with Crippen LogP contribution in [0.5, 0.6) is 0 Å². The first-order valence-electron chi connectivity index (χ1n) is 6.86. The van der Waals surface area contributed by atoms with Gasteiger partial charge in [-0.3, -0.25) is 9.78 Å². The van der Waals surface area contributed by atoms with E-state index in [0.717, 1.165) is 11.6 Å². The van der Waals surface area contributed by atoms with E-state index in [1.807, 2.05) is 20.8 Å². The maximum absolute atomic E-state index is 12.1. The average molecular weight is 297 g/mol. The number of carbonyl (C=O) groups excluding carboxylic acids is 1. The third kappa shape index (κ3) is 5.09. The number of rotatable bonds is 8. The van der Waals surface area contributed by atoms with E-state index in [2.05, 4.69) is 22.2 Å². The number of hydrogen-bond donors (Lipinski definition) is 1. The van der Waals surface area contributed by atoms with Gasteiger partial charge in [-0.05, 0) is 26.8 Å². The maximum atomic E-state index is 12.1. The topological polar surface area (TPSA) is 64.1 Å². The minimum atomic E-state index is -0.667. The van der Waals surface area contributed by atoms with E-state index < -0.39 is 5.54 Å². The van der Waals surface area contributed by atoms with Crippen molar-refractivity contribution in [2.45, 2.75) is 49.9 Å². The second-order valence-electron chi connectivity index (χ2n) is 4.76. The molecule has 0 saturated carbocycles. The molecule has 0 fully saturated rings. The van der Waals surface area contributed by atoms with Crippen LogP contribution in [-0.2, 0) is 9.53 Å². The van der Waals surface area contributed by atoms with Crippen LogP contribution in [0.1, 0.15) is 34.1 Å². The van der Waals surface area contributed by atoms with Gasteiger partial charge in [0.25, 0.3) is 0 Å². The number of esters is 1. The van der Waals surface area contributed by atoms with Crippen LogP contribution in [0.4, 0.5) is 0 Å². The number of thioether (sulfide) groups is 1. The van der Waals surface area contributed by atoms with Crippen molar-refractivity contribution in [2.75, 3.05) is 13.2 Å². The Hall–Kier alpha value is -1.14. The summed E-state index contributed by atoms with van der Waals surface area (Å²) >= 11 is 1.61. The molecule has 112 valence electrons. The van der Waals surface area contributed by atoms with Gasteiger partial charge in [0.2, 0.25) is 0 Å². The molecule has 0 amide bonds. The third-order valence-electron chi connectivity index (χ3n) is 2.85. The van der Waals surface area contributed by atoms with Gasteiger partial charge in [-0.2, -0.15) is 0 Å². The van der Waals surface area contributed by atoms with Gasteiger partial charge in [-0.15, -0.1) is 11.8 Å². The van der Waals surface area contributed by atoms with Crippen LogP contribution in [0, 0.1) is 0 Å². The molecule has 1 aromatic heterocycles. The molecule has 5 nitrogen and oxygen atoms in total. The summed E-state index contributed by atoms with van der Waals surface area (Å²) in [4.78, 5) is 20.4. The molecule has 6 heteroatoms. The van der Waals surface area contributed by atoms with Crippen molar-refractivity contribution in [1.29, 1.82) is 0 Å². The van der Waals surface area contributed by atoms with Crippen molar-refractivity contribution in [3.05, 3.63) is 18.6 Å². The van der Waals surface area contributed by atoms with Crippen molar-refractivity contribution < 1.29 is 9.53 Å². The van der Waals surface area contributed by atoms with Gasteiger partial charge >= 0.3 is 5.97 Å². The molecule has 1 heterocycles. The molecule has 2 unspecified atom stereocenters. The van der Waals surface area contributed by atoms with E-state index >= 15 is 0 Å². The van der Waals surface area contributed by atoms with Gasteiger partial charge in [0.15, 0.2) is 0 Å². The minimum absolute atomic E-state index is 0.201. The Bertz CT molecular complexity index is 416. The van der Waals surface area contributed by atoms with Crippen LogP contribution in [0.2, 0.25) is 0 Å². The first-order valence-corrected chi connectivity index (χ1v) is 7.74. The summed E-state index contributed by atoms with van der Waals surface area (Å²) < 4.78 is 5.17. The van der Waals surface area contributed by atoms with E-state index in [9.17, 15) is 4.79 Å². The van der Waals surface area contributed by atoms with E-state index in [4.69, 9.17) is 4.74 Å². The number of aromatic nitrogens is 2.